The fraction of sp³-hybridized carbons (Fsp3) is 0.154. The van der Waals surface area contributed by atoms with Gasteiger partial charge < -0.3 is 15.5 Å². The fourth-order valence-corrected chi connectivity index (χ4v) is 1.56. The summed E-state index contributed by atoms with van der Waals surface area (Å²) in [6, 6.07) is 7.16. The second-order valence-electron chi connectivity index (χ2n) is 3.95. The van der Waals surface area contributed by atoms with E-state index in [4.69, 9.17) is 10.2 Å². The highest BCUT2D eigenvalue weighted by Crippen LogP contribution is 2.15. The number of halogens is 1. The average molecular weight is 248 g/mol. The lowest BCUT2D eigenvalue weighted by molar-refractivity contribution is 0.0935. The van der Waals surface area contributed by atoms with Crippen molar-refractivity contribution in [1.29, 1.82) is 0 Å². The number of nitrogens with one attached hydrogen (secondary N) is 1. The highest BCUT2D eigenvalue weighted by Gasteiger charge is 2.14. The maximum absolute atomic E-state index is 13.2. The highest BCUT2D eigenvalue weighted by molar-refractivity contribution is 5.94. The van der Waals surface area contributed by atoms with E-state index >= 15 is 0 Å². The van der Waals surface area contributed by atoms with Crippen LogP contribution in [0.3, 0.4) is 0 Å². The number of hydrogen-bond donors (Lipinski definition) is 2. The molecule has 5 heteroatoms. The number of hydrogen-bond acceptors (Lipinski definition) is 3. The van der Waals surface area contributed by atoms with Crippen LogP contribution in [0.15, 0.2) is 41.0 Å². The zero-order valence-corrected chi connectivity index (χ0v) is 9.81. The van der Waals surface area contributed by atoms with Gasteiger partial charge in [-0.25, -0.2) is 4.39 Å². The summed E-state index contributed by atoms with van der Waals surface area (Å²) in [5.41, 5.74) is 5.59. The molecule has 3 N–H and O–H groups in total. The molecule has 1 amide bonds. The van der Waals surface area contributed by atoms with Crippen LogP contribution in [-0.2, 0) is 0 Å². The van der Waals surface area contributed by atoms with Crippen LogP contribution in [0.25, 0.3) is 0 Å². The van der Waals surface area contributed by atoms with Gasteiger partial charge in [0, 0.05) is 5.56 Å². The molecule has 0 aliphatic carbocycles. The molecule has 1 aromatic heterocycles. The number of benzene rings is 1. The Hall–Kier alpha value is -2.30. The standard InChI is InChI=1S/C13H13FN2O2/c1-8(12-3-2-6-18-12)16-13(17)9-4-5-11(15)10(14)7-9/h2-8H,15H2,1H3,(H,16,17)/t8-/m0/s1. The first-order chi connectivity index (χ1) is 8.58. The molecular formula is C13H13FN2O2. The molecule has 0 fully saturated rings. The second kappa shape index (κ2) is 4.91. The highest BCUT2D eigenvalue weighted by atomic mass is 19.1. The SMILES string of the molecule is C[C@H](NC(=O)c1ccc(N)c(F)c1)c1ccco1. The largest absolute Gasteiger partial charge is 0.467 e. The first-order valence-corrected chi connectivity index (χ1v) is 5.47. The van der Waals surface area contributed by atoms with Crippen molar-refractivity contribution in [2.75, 3.05) is 5.73 Å². The van der Waals surface area contributed by atoms with Crippen LogP contribution >= 0.6 is 0 Å². The molecule has 2 aromatic rings. The van der Waals surface area contributed by atoms with E-state index in [-0.39, 0.29) is 23.2 Å². The predicted molar refractivity (Wildman–Crippen MR) is 65.4 cm³/mol. The molecule has 1 atom stereocenters. The lowest BCUT2D eigenvalue weighted by Gasteiger charge is -2.11. The molecule has 0 bridgehead atoms. The van der Waals surface area contributed by atoms with Gasteiger partial charge >= 0.3 is 0 Å². The Labute approximate surface area is 104 Å². The van der Waals surface area contributed by atoms with E-state index in [1.807, 2.05) is 0 Å². The fourth-order valence-electron chi connectivity index (χ4n) is 1.56. The minimum Gasteiger partial charge on any atom is -0.467 e. The maximum atomic E-state index is 13.2. The van der Waals surface area contributed by atoms with Gasteiger partial charge in [0.2, 0.25) is 0 Å². The van der Waals surface area contributed by atoms with Crippen LogP contribution in [0.1, 0.15) is 29.1 Å². The quantitative estimate of drug-likeness (QED) is 0.820. The number of nitrogens with two attached hydrogens (primary N) is 1. The molecule has 0 unspecified atom stereocenters. The third kappa shape index (κ3) is 2.51. The summed E-state index contributed by atoms with van der Waals surface area (Å²) in [5, 5.41) is 2.71. The van der Waals surface area contributed by atoms with Crippen molar-refractivity contribution >= 4 is 11.6 Å². The van der Waals surface area contributed by atoms with Crippen molar-refractivity contribution in [1.82, 2.24) is 5.32 Å². The lowest BCUT2D eigenvalue weighted by Crippen LogP contribution is -2.26. The Balaban J connectivity index is 2.10. The van der Waals surface area contributed by atoms with E-state index in [1.54, 1.807) is 19.1 Å². The van der Waals surface area contributed by atoms with Gasteiger partial charge in [0.05, 0.1) is 18.0 Å². The Morgan fingerprint density at radius 2 is 2.22 bits per heavy atom. The molecule has 0 spiro atoms. The monoisotopic (exact) mass is 248 g/mol. The first-order valence-electron chi connectivity index (χ1n) is 5.47. The van der Waals surface area contributed by atoms with Gasteiger partial charge in [-0.05, 0) is 37.3 Å². The second-order valence-corrected chi connectivity index (χ2v) is 3.95. The van der Waals surface area contributed by atoms with Crippen LogP contribution < -0.4 is 11.1 Å². The summed E-state index contributed by atoms with van der Waals surface area (Å²) in [5.74, 6) is -0.342. The van der Waals surface area contributed by atoms with Gasteiger partial charge in [-0.3, -0.25) is 4.79 Å². The Bertz CT molecular complexity index is 552. The van der Waals surface area contributed by atoms with E-state index in [2.05, 4.69) is 5.32 Å². The lowest BCUT2D eigenvalue weighted by atomic mass is 10.1. The van der Waals surface area contributed by atoms with Crippen LogP contribution in [0.2, 0.25) is 0 Å². The van der Waals surface area contributed by atoms with Gasteiger partial charge in [-0.2, -0.15) is 0 Å². The van der Waals surface area contributed by atoms with E-state index in [0.717, 1.165) is 6.07 Å². The molecule has 0 radical (unpaired) electrons. The number of amides is 1. The molecular weight excluding hydrogens is 235 g/mol. The van der Waals surface area contributed by atoms with Crippen LogP contribution in [0.4, 0.5) is 10.1 Å². The summed E-state index contributed by atoms with van der Waals surface area (Å²) in [4.78, 5) is 11.9. The molecule has 2 rings (SSSR count). The molecule has 18 heavy (non-hydrogen) atoms. The summed E-state index contributed by atoms with van der Waals surface area (Å²) >= 11 is 0. The van der Waals surface area contributed by atoms with Crippen molar-refractivity contribution in [3.05, 3.63) is 53.7 Å². The zero-order chi connectivity index (χ0) is 13.1. The Morgan fingerprint density at radius 1 is 1.44 bits per heavy atom. The van der Waals surface area contributed by atoms with E-state index < -0.39 is 5.82 Å². The summed E-state index contributed by atoms with van der Waals surface area (Å²) in [7, 11) is 0. The van der Waals surface area contributed by atoms with Gasteiger partial charge in [-0.15, -0.1) is 0 Å². The predicted octanol–water partition coefficient (Wildman–Crippen LogP) is 2.49. The molecule has 1 aromatic carbocycles. The van der Waals surface area contributed by atoms with Crippen LogP contribution in [0, 0.1) is 5.82 Å². The topological polar surface area (TPSA) is 68.3 Å². The van der Waals surface area contributed by atoms with Crippen molar-refractivity contribution in [3.63, 3.8) is 0 Å². The van der Waals surface area contributed by atoms with E-state index in [0.29, 0.717) is 5.76 Å². The third-order valence-electron chi connectivity index (χ3n) is 2.58. The van der Waals surface area contributed by atoms with Crippen LogP contribution in [0.5, 0.6) is 0 Å². The van der Waals surface area contributed by atoms with Crippen molar-refractivity contribution in [2.45, 2.75) is 13.0 Å². The number of anilines is 1. The summed E-state index contributed by atoms with van der Waals surface area (Å²) in [6.07, 6.45) is 1.53. The molecule has 0 aliphatic heterocycles. The number of carbonyl (C=O) groups is 1. The molecule has 4 nitrogen and oxygen atoms in total. The minimum absolute atomic E-state index is 0.0191. The Kier molecular flexibility index (Phi) is 3.32. The number of nitrogen functional groups attached to an aromatic ring is 1. The van der Waals surface area contributed by atoms with Crippen molar-refractivity contribution in [3.8, 4) is 0 Å². The number of rotatable bonds is 3. The molecule has 0 saturated heterocycles. The third-order valence-corrected chi connectivity index (χ3v) is 2.58. The smallest absolute Gasteiger partial charge is 0.251 e. The number of carbonyl (C=O) groups excluding carboxylic acids is 1. The number of furan rings is 1. The van der Waals surface area contributed by atoms with Crippen molar-refractivity contribution in [2.24, 2.45) is 0 Å². The van der Waals surface area contributed by atoms with Gasteiger partial charge in [0.25, 0.3) is 5.91 Å². The first kappa shape index (κ1) is 12.2. The zero-order valence-electron chi connectivity index (χ0n) is 9.81. The molecule has 0 saturated carbocycles. The van der Waals surface area contributed by atoms with Gasteiger partial charge in [0.1, 0.15) is 11.6 Å². The average Bonchev–Trinajstić information content (AvgIpc) is 2.86. The minimum atomic E-state index is -0.603. The van der Waals surface area contributed by atoms with Gasteiger partial charge in [0.15, 0.2) is 0 Å². The van der Waals surface area contributed by atoms with Gasteiger partial charge in [-0.1, -0.05) is 0 Å². The van der Waals surface area contributed by atoms with E-state index in [9.17, 15) is 9.18 Å². The molecule has 0 aliphatic rings. The van der Waals surface area contributed by atoms with E-state index in [1.165, 1.54) is 18.4 Å². The summed E-state index contributed by atoms with van der Waals surface area (Å²) in [6.45, 7) is 1.78. The summed E-state index contributed by atoms with van der Waals surface area (Å²) < 4.78 is 18.4. The normalized spacial score (nSPS) is 12.1. The van der Waals surface area contributed by atoms with Crippen LogP contribution in [-0.4, -0.2) is 5.91 Å². The van der Waals surface area contributed by atoms with Crippen molar-refractivity contribution < 1.29 is 13.6 Å². The maximum Gasteiger partial charge on any atom is 0.251 e. The molecule has 1 heterocycles. The molecule has 94 valence electrons. The Morgan fingerprint density at radius 3 is 2.83 bits per heavy atom.